The summed E-state index contributed by atoms with van der Waals surface area (Å²) in [4.78, 5) is 25.4. The highest BCUT2D eigenvalue weighted by Gasteiger charge is 2.42. The molecule has 7 heteroatoms. The highest BCUT2D eigenvalue weighted by atomic mass is 32.1. The minimum atomic E-state index is -0.695. The number of rotatable bonds is 5. The summed E-state index contributed by atoms with van der Waals surface area (Å²) in [6, 6.07) is -0.180. The van der Waals surface area contributed by atoms with Crippen LogP contribution in [0.4, 0.5) is 4.79 Å². The number of amides is 3. The molecule has 1 rings (SSSR count). The summed E-state index contributed by atoms with van der Waals surface area (Å²) in [5, 5.41) is 5.52. The second-order valence-electron chi connectivity index (χ2n) is 5.39. The van der Waals surface area contributed by atoms with Crippen LogP contribution in [0.3, 0.4) is 0 Å². The van der Waals surface area contributed by atoms with Gasteiger partial charge in [-0.3, -0.25) is 4.79 Å². The molecule has 0 radical (unpaired) electrons. The Bertz CT molecular complexity index is 379. The van der Waals surface area contributed by atoms with Gasteiger partial charge in [0.2, 0.25) is 5.91 Å². The highest BCUT2D eigenvalue weighted by molar-refractivity contribution is 7.80. The minimum absolute atomic E-state index is 0.108. The molecule has 0 aromatic heterocycles. The van der Waals surface area contributed by atoms with E-state index >= 15 is 0 Å². The molecule has 1 saturated carbocycles. The van der Waals surface area contributed by atoms with E-state index in [-0.39, 0.29) is 16.9 Å². The first-order valence-electron chi connectivity index (χ1n) is 6.93. The van der Waals surface area contributed by atoms with Crippen molar-refractivity contribution < 1.29 is 9.59 Å². The first-order chi connectivity index (χ1) is 9.40. The van der Waals surface area contributed by atoms with E-state index in [4.69, 9.17) is 18.0 Å². The van der Waals surface area contributed by atoms with Gasteiger partial charge >= 0.3 is 6.03 Å². The summed E-state index contributed by atoms with van der Waals surface area (Å²) >= 11 is 5.10. The van der Waals surface area contributed by atoms with Crippen molar-refractivity contribution in [3.63, 3.8) is 0 Å². The van der Waals surface area contributed by atoms with Gasteiger partial charge in [-0.25, -0.2) is 4.79 Å². The van der Waals surface area contributed by atoms with E-state index in [9.17, 15) is 9.59 Å². The van der Waals surface area contributed by atoms with Crippen molar-refractivity contribution in [2.24, 2.45) is 11.1 Å². The largest absolute Gasteiger partial charge is 0.392 e. The molecule has 0 aromatic carbocycles. The number of carbonyl (C=O) groups excluding carboxylic acids is 2. The number of nitrogens with zero attached hydrogens (tertiary/aromatic N) is 1. The maximum atomic E-state index is 12.3. The molecule has 1 aliphatic carbocycles. The molecule has 0 bridgehead atoms. The smallest absolute Gasteiger partial charge is 0.316 e. The van der Waals surface area contributed by atoms with Crippen LogP contribution < -0.4 is 16.4 Å². The Hall–Kier alpha value is -1.37. The monoisotopic (exact) mass is 300 g/mol. The molecule has 0 heterocycles. The van der Waals surface area contributed by atoms with E-state index in [1.807, 2.05) is 0 Å². The van der Waals surface area contributed by atoms with Gasteiger partial charge in [-0.1, -0.05) is 31.5 Å². The van der Waals surface area contributed by atoms with Gasteiger partial charge in [-0.05, 0) is 12.8 Å². The normalized spacial score (nSPS) is 17.1. The first kappa shape index (κ1) is 16.7. The predicted octanol–water partition coefficient (Wildman–Crippen LogP) is 0.610. The van der Waals surface area contributed by atoms with Gasteiger partial charge in [0.05, 0.1) is 10.4 Å². The molecule has 0 saturated heterocycles. The zero-order valence-corrected chi connectivity index (χ0v) is 13.0. The number of nitrogens with one attached hydrogen (secondary N) is 2. The van der Waals surface area contributed by atoms with Crippen molar-refractivity contribution in [2.45, 2.75) is 32.1 Å². The van der Waals surface area contributed by atoms with Gasteiger partial charge in [0.15, 0.2) is 0 Å². The van der Waals surface area contributed by atoms with Crippen molar-refractivity contribution in [1.82, 2.24) is 15.5 Å². The Morgan fingerprint density at radius 3 is 2.20 bits per heavy atom. The molecular weight excluding hydrogens is 276 g/mol. The number of nitrogens with two attached hydrogens (primary N) is 1. The maximum absolute atomic E-state index is 12.3. The Kier molecular flexibility index (Phi) is 6.19. The van der Waals surface area contributed by atoms with Crippen LogP contribution in [-0.2, 0) is 4.79 Å². The third-order valence-corrected chi connectivity index (χ3v) is 4.10. The number of hydrogen-bond acceptors (Lipinski definition) is 3. The topological polar surface area (TPSA) is 87.5 Å². The van der Waals surface area contributed by atoms with Crippen LogP contribution in [0.25, 0.3) is 0 Å². The molecular formula is C13H24N4O2S. The molecule has 0 spiro atoms. The van der Waals surface area contributed by atoms with Gasteiger partial charge in [0.1, 0.15) is 0 Å². The lowest BCUT2D eigenvalue weighted by molar-refractivity contribution is -0.128. The molecule has 20 heavy (non-hydrogen) atoms. The van der Waals surface area contributed by atoms with Crippen LogP contribution in [0.2, 0.25) is 0 Å². The van der Waals surface area contributed by atoms with Crippen LogP contribution in [-0.4, -0.2) is 49.0 Å². The predicted molar refractivity (Wildman–Crippen MR) is 82.4 cm³/mol. The second-order valence-corrected chi connectivity index (χ2v) is 5.83. The molecule has 3 amide bonds. The van der Waals surface area contributed by atoms with E-state index < -0.39 is 5.41 Å². The first-order valence-corrected chi connectivity index (χ1v) is 7.34. The van der Waals surface area contributed by atoms with Crippen molar-refractivity contribution in [3.8, 4) is 0 Å². The SMILES string of the molecule is CN(C)C(=O)NCCNC(=O)C1(C(N)=S)CCCCC1. The van der Waals surface area contributed by atoms with E-state index in [0.29, 0.717) is 13.1 Å². The van der Waals surface area contributed by atoms with Gasteiger partial charge in [0, 0.05) is 27.2 Å². The summed E-state index contributed by atoms with van der Waals surface area (Å²) in [5.41, 5.74) is 5.09. The molecule has 6 nitrogen and oxygen atoms in total. The van der Waals surface area contributed by atoms with E-state index in [1.54, 1.807) is 14.1 Å². The maximum Gasteiger partial charge on any atom is 0.316 e. The number of urea groups is 1. The van der Waals surface area contributed by atoms with Crippen LogP contribution in [0.5, 0.6) is 0 Å². The standard InChI is InChI=1S/C13H24N4O2S/c1-17(2)12(19)16-9-8-15-11(18)13(10(14)20)6-4-3-5-7-13/h3-9H2,1-2H3,(H2,14,20)(H,15,18)(H,16,19). The van der Waals surface area contributed by atoms with Crippen LogP contribution in [0, 0.1) is 5.41 Å². The van der Waals surface area contributed by atoms with Gasteiger partial charge in [-0.15, -0.1) is 0 Å². The van der Waals surface area contributed by atoms with Crippen LogP contribution in [0.15, 0.2) is 0 Å². The second kappa shape index (κ2) is 7.42. The highest BCUT2D eigenvalue weighted by Crippen LogP contribution is 2.36. The minimum Gasteiger partial charge on any atom is -0.392 e. The average Bonchev–Trinajstić information content (AvgIpc) is 2.43. The van der Waals surface area contributed by atoms with Gasteiger partial charge in [0.25, 0.3) is 0 Å². The van der Waals surface area contributed by atoms with Crippen molar-refractivity contribution >= 4 is 29.1 Å². The third-order valence-electron chi connectivity index (χ3n) is 3.71. The summed E-state index contributed by atoms with van der Waals surface area (Å²) < 4.78 is 0. The Labute approximate surface area is 125 Å². The number of thiocarbonyl (C=S) groups is 1. The number of hydrogen-bond donors (Lipinski definition) is 3. The molecule has 1 fully saturated rings. The average molecular weight is 300 g/mol. The summed E-state index contributed by atoms with van der Waals surface area (Å²) in [6.07, 6.45) is 4.51. The molecule has 114 valence electrons. The van der Waals surface area contributed by atoms with Crippen molar-refractivity contribution in [2.75, 3.05) is 27.2 Å². The molecule has 0 aromatic rings. The van der Waals surface area contributed by atoms with Crippen LogP contribution >= 0.6 is 12.2 Å². The van der Waals surface area contributed by atoms with E-state index in [2.05, 4.69) is 10.6 Å². The van der Waals surface area contributed by atoms with Crippen LogP contribution in [0.1, 0.15) is 32.1 Å². The van der Waals surface area contributed by atoms with Crippen molar-refractivity contribution in [1.29, 1.82) is 0 Å². The number of carbonyl (C=O) groups is 2. The Balaban J connectivity index is 2.44. The lowest BCUT2D eigenvalue weighted by Gasteiger charge is -2.34. The van der Waals surface area contributed by atoms with E-state index in [0.717, 1.165) is 32.1 Å². The molecule has 0 aliphatic heterocycles. The fourth-order valence-electron chi connectivity index (χ4n) is 2.41. The van der Waals surface area contributed by atoms with Gasteiger partial charge < -0.3 is 21.3 Å². The lowest BCUT2D eigenvalue weighted by Crippen LogP contribution is -2.51. The zero-order chi connectivity index (χ0) is 15.2. The molecule has 1 aliphatic rings. The van der Waals surface area contributed by atoms with Crippen molar-refractivity contribution in [3.05, 3.63) is 0 Å². The fraction of sp³-hybridized carbons (Fsp3) is 0.769. The molecule has 0 unspecified atom stereocenters. The Morgan fingerprint density at radius 1 is 1.15 bits per heavy atom. The summed E-state index contributed by atoms with van der Waals surface area (Å²) in [6.45, 7) is 0.763. The molecule has 4 N–H and O–H groups in total. The Morgan fingerprint density at radius 2 is 1.70 bits per heavy atom. The van der Waals surface area contributed by atoms with E-state index in [1.165, 1.54) is 4.90 Å². The summed E-state index contributed by atoms with van der Waals surface area (Å²) in [5.74, 6) is -0.108. The lowest BCUT2D eigenvalue weighted by atomic mass is 9.73. The third kappa shape index (κ3) is 4.06. The fourth-order valence-corrected chi connectivity index (χ4v) is 2.71. The zero-order valence-electron chi connectivity index (χ0n) is 12.2. The molecule has 0 atom stereocenters. The summed E-state index contributed by atoms with van der Waals surface area (Å²) in [7, 11) is 3.33. The quantitative estimate of drug-likeness (QED) is 0.513. The van der Waals surface area contributed by atoms with Gasteiger partial charge in [-0.2, -0.15) is 0 Å².